The summed E-state index contributed by atoms with van der Waals surface area (Å²) in [5.74, 6) is -0.420. The number of sulfonamides is 1. The zero-order chi connectivity index (χ0) is 17.6. The molecule has 1 N–H and O–H groups in total. The van der Waals surface area contributed by atoms with E-state index in [9.17, 15) is 13.2 Å². The topological polar surface area (TPSA) is 66.5 Å². The number of para-hydroxylation sites is 1. The third-order valence-electron chi connectivity index (χ3n) is 3.18. The van der Waals surface area contributed by atoms with Crippen molar-refractivity contribution in [3.05, 3.63) is 72.3 Å². The molecule has 0 aliphatic rings. The SMILES string of the molecule is C=CCNC(=O)CN(c1ccccc1)S(=O)(=O)c1ccc(Cl)cc1. The van der Waals surface area contributed by atoms with Crippen LogP contribution in [0.1, 0.15) is 0 Å². The van der Waals surface area contributed by atoms with E-state index in [0.29, 0.717) is 10.7 Å². The molecular formula is C17H17ClN2O3S. The van der Waals surface area contributed by atoms with Gasteiger partial charge in [0.15, 0.2) is 0 Å². The Kier molecular flexibility index (Phi) is 6.00. The fraction of sp³-hybridized carbons (Fsp3) is 0.118. The van der Waals surface area contributed by atoms with Crippen molar-refractivity contribution in [3.8, 4) is 0 Å². The molecule has 0 aromatic heterocycles. The molecule has 2 aromatic carbocycles. The van der Waals surface area contributed by atoms with Crippen molar-refractivity contribution in [2.24, 2.45) is 0 Å². The van der Waals surface area contributed by atoms with Crippen molar-refractivity contribution < 1.29 is 13.2 Å². The summed E-state index contributed by atoms with van der Waals surface area (Å²) in [6.45, 7) is 3.45. The lowest BCUT2D eigenvalue weighted by Gasteiger charge is -2.24. The smallest absolute Gasteiger partial charge is 0.264 e. The monoisotopic (exact) mass is 364 g/mol. The lowest BCUT2D eigenvalue weighted by atomic mass is 10.3. The summed E-state index contributed by atoms with van der Waals surface area (Å²) in [6, 6.07) is 14.3. The van der Waals surface area contributed by atoms with Gasteiger partial charge in [-0.25, -0.2) is 8.42 Å². The number of rotatable bonds is 7. The quantitative estimate of drug-likeness (QED) is 0.768. The van der Waals surface area contributed by atoms with E-state index in [2.05, 4.69) is 11.9 Å². The second kappa shape index (κ2) is 7.99. The van der Waals surface area contributed by atoms with E-state index in [0.717, 1.165) is 4.31 Å². The number of carbonyl (C=O) groups is 1. The molecule has 0 bridgehead atoms. The zero-order valence-corrected chi connectivity index (χ0v) is 14.4. The third kappa shape index (κ3) is 4.37. The average Bonchev–Trinajstić information content (AvgIpc) is 2.59. The summed E-state index contributed by atoms with van der Waals surface area (Å²) < 4.78 is 26.9. The minimum atomic E-state index is -3.90. The van der Waals surface area contributed by atoms with Crippen molar-refractivity contribution in [2.75, 3.05) is 17.4 Å². The van der Waals surface area contributed by atoms with Crippen LogP contribution in [0.25, 0.3) is 0 Å². The van der Waals surface area contributed by atoms with Crippen LogP contribution in [0.4, 0.5) is 5.69 Å². The summed E-state index contributed by atoms with van der Waals surface area (Å²) in [5.41, 5.74) is 0.404. The van der Waals surface area contributed by atoms with Gasteiger partial charge in [-0.2, -0.15) is 0 Å². The van der Waals surface area contributed by atoms with E-state index < -0.39 is 15.9 Å². The van der Waals surface area contributed by atoms with E-state index in [-0.39, 0.29) is 18.0 Å². The number of nitrogens with zero attached hydrogens (tertiary/aromatic N) is 1. The van der Waals surface area contributed by atoms with Gasteiger partial charge in [0.25, 0.3) is 10.0 Å². The molecule has 0 fully saturated rings. The first-order valence-corrected chi connectivity index (χ1v) is 8.98. The Hall–Kier alpha value is -2.31. The molecule has 126 valence electrons. The zero-order valence-electron chi connectivity index (χ0n) is 12.9. The summed E-state index contributed by atoms with van der Waals surface area (Å²) >= 11 is 5.82. The number of carbonyl (C=O) groups excluding carboxylic acids is 1. The van der Waals surface area contributed by atoms with Crippen molar-refractivity contribution in [3.63, 3.8) is 0 Å². The normalized spacial score (nSPS) is 10.9. The van der Waals surface area contributed by atoms with Crippen LogP contribution in [0.15, 0.2) is 72.1 Å². The number of amides is 1. The fourth-order valence-electron chi connectivity index (χ4n) is 2.02. The second-order valence-corrected chi connectivity index (χ2v) is 7.19. The highest BCUT2D eigenvalue weighted by molar-refractivity contribution is 7.92. The van der Waals surface area contributed by atoms with Gasteiger partial charge in [-0.1, -0.05) is 35.9 Å². The van der Waals surface area contributed by atoms with Gasteiger partial charge in [0.2, 0.25) is 5.91 Å². The van der Waals surface area contributed by atoms with Crippen LogP contribution in [0.3, 0.4) is 0 Å². The maximum atomic E-state index is 12.9. The highest BCUT2D eigenvalue weighted by atomic mass is 35.5. The van der Waals surface area contributed by atoms with E-state index in [1.165, 1.54) is 30.3 Å². The van der Waals surface area contributed by atoms with E-state index >= 15 is 0 Å². The number of nitrogens with one attached hydrogen (secondary N) is 1. The standard InChI is InChI=1S/C17H17ClN2O3S/c1-2-12-19-17(21)13-20(15-6-4-3-5-7-15)24(22,23)16-10-8-14(18)9-11-16/h2-11H,1,12-13H2,(H,19,21). The van der Waals surface area contributed by atoms with E-state index in [1.807, 2.05) is 0 Å². The number of halogens is 1. The largest absolute Gasteiger partial charge is 0.351 e. The van der Waals surface area contributed by atoms with Crippen LogP contribution < -0.4 is 9.62 Å². The third-order valence-corrected chi connectivity index (χ3v) is 5.22. The van der Waals surface area contributed by atoms with Gasteiger partial charge in [-0.3, -0.25) is 9.10 Å². The molecular weight excluding hydrogens is 348 g/mol. The maximum Gasteiger partial charge on any atom is 0.264 e. The fourth-order valence-corrected chi connectivity index (χ4v) is 3.56. The molecule has 1 amide bonds. The molecule has 0 saturated heterocycles. The lowest BCUT2D eigenvalue weighted by Crippen LogP contribution is -2.40. The number of hydrogen-bond donors (Lipinski definition) is 1. The number of benzene rings is 2. The molecule has 24 heavy (non-hydrogen) atoms. The van der Waals surface area contributed by atoms with Crippen molar-refractivity contribution in [1.82, 2.24) is 5.32 Å². The van der Waals surface area contributed by atoms with Crippen LogP contribution in [-0.2, 0) is 14.8 Å². The summed E-state index contributed by atoms with van der Waals surface area (Å²) in [5, 5.41) is 3.02. The second-order valence-electron chi connectivity index (χ2n) is 4.89. The Morgan fingerprint density at radius 1 is 1.12 bits per heavy atom. The van der Waals surface area contributed by atoms with Gasteiger partial charge in [-0.05, 0) is 36.4 Å². The Labute approximate surface area is 146 Å². The first-order valence-electron chi connectivity index (χ1n) is 7.16. The van der Waals surface area contributed by atoms with Gasteiger partial charge >= 0.3 is 0 Å². The van der Waals surface area contributed by atoms with Gasteiger partial charge in [0.05, 0.1) is 10.6 Å². The van der Waals surface area contributed by atoms with Crippen LogP contribution >= 0.6 is 11.6 Å². The van der Waals surface area contributed by atoms with Gasteiger partial charge in [0.1, 0.15) is 6.54 Å². The van der Waals surface area contributed by atoms with Gasteiger partial charge in [-0.15, -0.1) is 6.58 Å². The van der Waals surface area contributed by atoms with Crippen molar-refractivity contribution in [1.29, 1.82) is 0 Å². The molecule has 2 aromatic rings. The highest BCUT2D eigenvalue weighted by Gasteiger charge is 2.26. The molecule has 0 saturated carbocycles. The summed E-state index contributed by atoms with van der Waals surface area (Å²) in [7, 11) is -3.90. The lowest BCUT2D eigenvalue weighted by molar-refractivity contribution is -0.119. The Morgan fingerprint density at radius 3 is 2.33 bits per heavy atom. The van der Waals surface area contributed by atoms with Gasteiger partial charge in [0, 0.05) is 11.6 Å². The molecule has 0 unspecified atom stereocenters. The van der Waals surface area contributed by atoms with Crippen molar-refractivity contribution in [2.45, 2.75) is 4.90 Å². The van der Waals surface area contributed by atoms with Crippen molar-refractivity contribution >= 4 is 33.2 Å². The first-order chi connectivity index (χ1) is 11.4. The Bertz CT molecular complexity index is 805. The van der Waals surface area contributed by atoms with Crippen LogP contribution in [0.5, 0.6) is 0 Å². The first kappa shape index (κ1) is 18.0. The number of anilines is 1. The molecule has 0 aliphatic heterocycles. The van der Waals surface area contributed by atoms with Crippen LogP contribution in [-0.4, -0.2) is 27.4 Å². The molecule has 0 spiro atoms. The Balaban J connectivity index is 2.39. The maximum absolute atomic E-state index is 12.9. The number of hydrogen-bond acceptors (Lipinski definition) is 3. The molecule has 0 heterocycles. The molecule has 0 radical (unpaired) electrons. The molecule has 2 rings (SSSR count). The molecule has 0 aliphatic carbocycles. The average molecular weight is 365 g/mol. The minimum Gasteiger partial charge on any atom is -0.351 e. The predicted molar refractivity (Wildman–Crippen MR) is 95.6 cm³/mol. The molecule has 7 heteroatoms. The van der Waals surface area contributed by atoms with Crippen LogP contribution in [0, 0.1) is 0 Å². The summed E-state index contributed by atoms with van der Waals surface area (Å²) in [4.78, 5) is 12.1. The minimum absolute atomic E-state index is 0.0623. The Morgan fingerprint density at radius 2 is 1.75 bits per heavy atom. The van der Waals surface area contributed by atoms with Crippen LogP contribution in [0.2, 0.25) is 5.02 Å². The van der Waals surface area contributed by atoms with E-state index in [4.69, 9.17) is 11.6 Å². The molecule has 5 nitrogen and oxygen atoms in total. The molecule has 0 atom stereocenters. The van der Waals surface area contributed by atoms with E-state index in [1.54, 1.807) is 30.3 Å². The highest BCUT2D eigenvalue weighted by Crippen LogP contribution is 2.24. The summed E-state index contributed by atoms with van der Waals surface area (Å²) in [6.07, 6.45) is 1.53. The van der Waals surface area contributed by atoms with Gasteiger partial charge < -0.3 is 5.32 Å². The predicted octanol–water partition coefficient (Wildman–Crippen LogP) is 2.84.